The minimum Gasteiger partial charge on any atom is -0.480 e. The molecule has 0 saturated heterocycles. The Bertz CT molecular complexity index is 241. The molecule has 0 unspecified atom stereocenters. The monoisotopic (exact) mass is 220 g/mol. The first-order chi connectivity index (χ1) is 6.77. The Labute approximate surface area is 86.9 Å². The van der Waals surface area contributed by atoms with Crippen molar-refractivity contribution in [3.05, 3.63) is 0 Å². The zero-order valence-electron chi connectivity index (χ0n) is 8.54. The molecule has 0 aromatic heterocycles. The molecule has 0 heterocycles. The summed E-state index contributed by atoms with van der Waals surface area (Å²) >= 11 is 0. The van der Waals surface area contributed by atoms with Gasteiger partial charge in [0.15, 0.2) is 6.04 Å². The highest BCUT2D eigenvalue weighted by molar-refractivity contribution is 5.87. The second kappa shape index (κ2) is 5.64. The van der Waals surface area contributed by atoms with Crippen LogP contribution >= 0.6 is 0 Å². The number of hydrogen-bond acceptors (Lipinski definition) is 5. The fourth-order valence-corrected chi connectivity index (χ4v) is 0.857. The van der Waals surface area contributed by atoms with Crippen molar-refractivity contribution in [2.75, 3.05) is 0 Å². The van der Waals surface area contributed by atoms with E-state index in [1.54, 1.807) is 0 Å². The zero-order chi connectivity index (χ0) is 12.2. The van der Waals surface area contributed by atoms with Crippen molar-refractivity contribution < 1.29 is 24.9 Å². The van der Waals surface area contributed by atoms with Crippen molar-refractivity contribution in [3.63, 3.8) is 0 Å². The minimum absolute atomic E-state index is 0.821. The van der Waals surface area contributed by atoms with Crippen LogP contribution in [0.15, 0.2) is 0 Å². The molecule has 0 radical (unpaired) electrons. The number of aliphatic carboxylic acids is 1. The molecule has 88 valence electrons. The maximum atomic E-state index is 11.2. The van der Waals surface area contributed by atoms with Crippen LogP contribution in [0.2, 0.25) is 0 Å². The maximum Gasteiger partial charge on any atom is 0.328 e. The van der Waals surface area contributed by atoms with Crippen LogP contribution in [0.25, 0.3) is 0 Å². The third kappa shape index (κ3) is 4.24. The summed E-state index contributed by atoms with van der Waals surface area (Å²) in [5.74, 6) is -2.19. The molecule has 15 heavy (non-hydrogen) atoms. The normalized spacial score (nSPS) is 18.7. The fourth-order valence-electron chi connectivity index (χ4n) is 0.857. The number of rotatable bonds is 5. The van der Waals surface area contributed by atoms with Gasteiger partial charge < -0.3 is 26.4 Å². The number of carboxylic acids is 1. The summed E-state index contributed by atoms with van der Waals surface area (Å²) in [7, 11) is 0. The van der Waals surface area contributed by atoms with Crippen LogP contribution in [0, 0.1) is 0 Å². The van der Waals surface area contributed by atoms with Crippen LogP contribution in [-0.2, 0) is 9.59 Å². The largest absolute Gasteiger partial charge is 0.480 e. The highest BCUT2D eigenvalue weighted by atomic mass is 16.4. The van der Waals surface area contributed by atoms with E-state index in [1.807, 2.05) is 5.32 Å². The Morgan fingerprint density at radius 2 is 1.67 bits per heavy atom. The van der Waals surface area contributed by atoms with Crippen molar-refractivity contribution in [2.45, 2.75) is 38.1 Å². The fraction of sp³-hybridized carbons (Fsp3) is 0.750. The molecule has 0 rings (SSSR count). The van der Waals surface area contributed by atoms with E-state index in [9.17, 15) is 9.59 Å². The standard InChI is InChI=1S/C8H16N2O5/c1-3(11)5(9)7(13)10-6(4(2)12)8(14)15/h3-6,11-12H,9H2,1-2H3,(H,10,13)(H,14,15)/t3-,4-,5-,6+/m0/s1. The van der Waals surface area contributed by atoms with E-state index >= 15 is 0 Å². The van der Waals surface area contributed by atoms with Gasteiger partial charge in [-0.1, -0.05) is 0 Å². The third-order valence-corrected chi connectivity index (χ3v) is 1.87. The molecular formula is C8H16N2O5. The Morgan fingerprint density at radius 3 is 1.93 bits per heavy atom. The quantitative estimate of drug-likeness (QED) is 0.352. The molecule has 6 N–H and O–H groups in total. The molecule has 4 atom stereocenters. The van der Waals surface area contributed by atoms with Gasteiger partial charge >= 0.3 is 5.97 Å². The van der Waals surface area contributed by atoms with Crippen molar-refractivity contribution in [1.29, 1.82) is 0 Å². The number of carbonyl (C=O) groups excluding carboxylic acids is 1. The van der Waals surface area contributed by atoms with Crippen molar-refractivity contribution >= 4 is 11.9 Å². The number of aliphatic hydroxyl groups is 2. The SMILES string of the molecule is C[C@H](O)[C@H](N)C(=O)N[C@@H](C(=O)O)[C@H](C)O. The highest BCUT2D eigenvalue weighted by Gasteiger charge is 2.28. The molecule has 0 aromatic rings. The Balaban J connectivity index is 4.43. The summed E-state index contributed by atoms with van der Waals surface area (Å²) in [6, 6.07) is -2.65. The predicted molar refractivity (Wildman–Crippen MR) is 50.9 cm³/mol. The van der Waals surface area contributed by atoms with E-state index in [1.165, 1.54) is 13.8 Å². The second-order valence-corrected chi connectivity index (χ2v) is 3.33. The summed E-state index contributed by atoms with van der Waals surface area (Å²) in [5.41, 5.74) is 5.27. The summed E-state index contributed by atoms with van der Waals surface area (Å²) in [6.45, 7) is 2.54. The number of carbonyl (C=O) groups is 2. The number of hydrogen-bond donors (Lipinski definition) is 5. The lowest BCUT2D eigenvalue weighted by molar-refractivity contribution is -0.145. The number of nitrogens with two attached hydrogens (primary N) is 1. The molecule has 0 aliphatic carbocycles. The van der Waals surface area contributed by atoms with E-state index < -0.39 is 36.2 Å². The smallest absolute Gasteiger partial charge is 0.328 e. The topological polar surface area (TPSA) is 133 Å². The van der Waals surface area contributed by atoms with E-state index in [4.69, 9.17) is 21.1 Å². The van der Waals surface area contributed by atoms with Crippen LogP contribution in [0.1, 0.15) is 13.8 Å². The van der Waals surface area contributed by atoms with Gasteiger partial charge in [0.25, 0.3) is 0 Å². The Morgan fingerprint density at radius 1 is 1.20 bits per heavy atom. The van der Waals surface area contributed by atoms with Crippen LogP contribution in [0.5, 0.6) is 0 Å². The molecule has 0 bridgehead atoms. The molecule has 0 saturated carbocycles. The lowest BCUT2D eigenvalue weighted by Gasteiger charge is -2.20. The van der Waals surface area contributed by atoms with Crippen LogP contribution < -0.4 is 11.1 Å². The molecule has 0 aliphatic rings. The van der Waals surface area contributed by atoms with Crippen molar-refractivity contribution in [2.24, 2.45) is 5.73 Å². The van der Waals surface area contributed by atoms with Gasteiger partial charge in [-0.3, -0.25) is 4.79 Å². The molecule has 0 fully saturated rings. The van der Waals surface area contributed by atoms with E-state index in [2.05, 4.69) is 0 Å². The van der Waals surface area contributed by atoms with Crippen LogP contribution in [-0.4, -0.2) is 51.5 Å². The van der Waals surface area contributed by atoms with Crippen molar-refractivity contribution in [1.82, 2.24) is 5.32 Å². The predicted octanol–water partition coefficient (Wildman–Crippen LogP) is -2.36. The average Bonchev–Trinajstić information content (AvgIpc) is 2.11. The van der Waals surface area contributed by atoms with Crippen molar-refractivity contribution in [3.8, 4) is 0 Å². The first-order valence-corrected chi connectivity index (χ1v) is 4.42. The van der Waals surface area contributed by atoms with Gasteiger partial charge in [0.2, 0.25) is 5.91 Å². The average molecular weight is 220 g/mol. The molecule has 0 aliphatic heterocycles. The number of aliphatic hydroxyl groups excluding tert-OH is 2. The van der Waals surface area contributed by atoms with Gasteiger partial charge in [0, 0.05) is 0 Å². The maximum absolute atomic E-state index is 11.2. The summed E-state index contributed by atoms with van der Waals surface area (Å²) < 4.78 is 0. The van der Waals surface area contributed by atoms with Crippen LogP contribution in [0.4, 0.5) is 0 Å². The van der Waals surface area contributed by atoms with E-state index in [0.29, 0.717) is 0 Å². The number of carboxylic acid groups (broad SMARTS) is 1. The molecule has 1 amide bonds. The van der Waals surface area contributed by atoms with Gasteiger partial charge in [0.05, 0.1) is 12.2 Å². The number of nitrogens with one attached hydrogen (secondary N) is 1. The first kappa shape index (κ1) is 13.8. The van der Waals surface area contributed by atoms with Gasteiger partial charge in [0.1, 0.15) is 6.04 Å². The summed E-state index contributed by atoms with van der Waals surface area (Å²) in [4.78, 5) is 21.8. The number of amides is 1. The lowest BCUT2D eigenvalue weighted by atomic mass is 10.1. The highest BCUT2D eigenvalue weighted by Crippen LogP contribution is 1.96. The molecule has 7 heteroatoms. The molecule has 0 spiro atoms. The van der Waals surface area contributed by atoms with Gasteiger partial charge in [-0.05, 0) is 13.8 Å². The minimum atomic E-state index is -1.43. The third-order valence-electron chi connectivity index (χ3n) is 1.87. The molecule has 7 nitrogen and oxygen atoms in total. The Kier molecular flexibility index (Phi) is 5.20. The van der Waals surface area contributed by atoms with E-state index in [-0.39, 0.29) is 0 Å². The summed E-state index contributed by atoms with van der Waals surface area (Å²) in [6.07, 6.45) is -2.33. The lowest BCUT2D eigenvalue weighted by Crippen LogP contribution is -2.55. The summed E-state index contributed by atoms with van der Waals surface area (Å²) in [5, 5.41) is 28.7. The van der Waals surface area contributed by atoms with Gasteiger partial charge in [-0.15, -0.1) is 0 Å². The van der Waals surface area contributed by atoms with Gasteiger partial charge in [-0.2, -0.15) is 0 Å². The van der Waals surface area contributed by atoms with E-state index in [0.717, 1.165) is 0 Å². The zero-order valence-corrected chi connectivity index (χ0v) is 8.54. The first-order valence-electron chi connectivity index (χ1n) is 4.42. The van der Waals surface area contributed by atoms with Crippen LogP contribution in [0.3, 0.4) is 0 Å². The van der Waals surface area contributed by atoms with Gasteiger partial charge in [-0.25, -0.2) is 4.79 Å². The molecule has 0 aromatic carbocycles. The Hall–Kier alpha value is -1.18. The second-order valence-electron chi connectivity index (χ2n) is 3.33. The molecular weight excluding hydrogens is 204 g/mol.